The highest BCUT2D eigenvalue weighted by molar-refractivity contribution is 14.1. The fourth-order valence-corrected chi connectivity index (χ4v) is 2.76. The zero-order valence-electron chi connectivity index (χ0n) is 14.5. The topological polar surface area (TPSA) is 44.5 Å². The van der Waals surface area contributed by atoms with Gasteiger partial charge in [0.1, 0.15) is 9.90 Å². The van der Waals surface area contributed by atoms with Crippen LogP contribution in [-0.2, 0) is 28.2 Å². The van der Waals surface area contributed by atoms with Gasteiger partial charge in [0.15, 0.2) is 0 Å². The smallest absolute Gasteiger partial charge is 0.244 e. The molecule has 3 rings (SSSR count). The fourth-order valence-electron chi connectivity index (χ4n) is 1.34. The molecule has 0 aliphatic heterocycles. The minimum atomic E-state index is 0. The zero-order valence-corrected chi connectivity index (χ0v) is 25.3. The van der Waals surface area contributed by atoms with Crippen LogP contribution in [0.15, 0.2) is 37.6 Å². The lowest BCUT2D eigenvalue weighted by Gasteiger charge is -1.85. The third-order valence-corrected chi connectivity index (χ3v) is 5.07. The van der Waals surface area contributed by atoms with Gasteiger partial charge in [0.25, 0.3) is 0 Å². The Labute approximate surface area is 221 Å². The van der Waals surface area contributed by atoms with Crippen LogP contribution in [0.4, 0.5) is 0 Å². The van der Waals surface area contributed by atoms with E-state index in [1.165, 1.54) is 3.70 Å². The van der Waals surface area contributed by atoms with Crippen molar-refractivity contribution in [3.05, 3.63) is 48.7 Å². The maximum atomic E-state index is 3.97. The van der Waals surface area contributed by atoms with Crippen LogP contribution in [0.2, 0.25) is 0 Å². The number of alkyl halides is 1. The quantitative estimate of drug-likeness (QED) is 0.189. The van der Waals surface area contributed by atoms with Gasteiger partial charge >= 0.3 is 0 Å². The number of hydrogen-bond donors (Lipinski definition) is 0. The highest BCUT2D eigenvalue weighted by atomic mass is 127. The minimum absolute atomic E-state index is 0. The lowest BCUT2D eigenvalue weighted by Crippen LogP contribution is -3.00. The molecule has 0 N–H and O–H groups in total. The molecule has 0 saturated carbocycles. The van der Waals surface area contributed by atoms with Crippen molar-refractivity contribution in [1.82, 2.24) is 23.7 Å². The number of imidazole rings is 3. The van der Waals surface area contributed by atoms with E-state index in [0.717, 1.165) is 7.40 Å². The van der Waals surface area contributed by atoms with E-state index in [0.29, 0.717) is 0 Å². The molecule has 3 heterocycles. The van der Waals surface area contributed by atoms with Crippen LogP contribution in [0.5, 0.6) is 0 Å². The van der Waals surface area contributed by atoms with E-state index in [9.17, 15) is 0 Å². The maximum absolute atomic E-state index is 3.97. The van der Waals surface area contributed by atoms with Crippen LogP contribution >= 0.6 is 90.4 Å². The van der Waals surface area contributed by atoms with E-state index >= 15 is 0 Å². The van der Waals surface area contributed by atoms with Crippen molar-refractivity contribution in [2.45, 2.75) is 0 Å². The third kappa shape index (κ3) is 13.1. The van der Waals surface area contributed by atoms with Crippen LogP contribution in [0.3, 0.4) is 0 Å². The molecule has 6 nitrogen and oxygen atoms in total. The summed E-state index contributed by atoms with van der Waals surface area (Å²) >= 11 is 8.83. The molecule has 25 heavy (non-hydrogen) atoms. The number of aryl methyl sites for hydroxylation is 4. The molecule has 0 aliphatic carbocycles. The first-order valence-corrected chi connectivity index (χ1v) is 12.0. The summed E-state index contributed by atoms with van der Waals surface area (Å²) in [6.45, 7) is 0. The Bertz CT molecular complexity index is 654. The molecule has 11 heteroatoms. The van der Waals surface area contributed by atoms with E-state index in [1.54, 1.807) is 12.7 Å². The summed E-state index contributed by atoms with van der Waals surface area (Å²) < 4.78 is 11.4. The van der Waals surface area contributed by atoms with Gasteiger partial charge in [0.2, 0.25) is 10.0 Å². The van der Waals surface area contributed by atoms with Crippen LogP contribution in [-0.4, -0.2) is 28.6 Å². The van der Waals surface area contributed by atoms with Crippen LogP contribution < -0.4 is 28.5 Å². The molecule has 0 aromatic carbocycles. The van der Waals surface area contributed by atoms with Gasteiger partial charge in [-0.1, -0.05) is 22.6 Å². The second-order valence-electron chi connectivity index (χ2n) is 4.53. The SMILES string of the molecule is CI.Cn1c[n+](C)cc1I.Cn1cnc(I)c1.Cn1cncc1I.[I-]. The largest absolute Gasteiger partial charge is 1.00 e. The van der Waals surface area contributed by atoms with Gasteiger partial charge < -0.3 is 33.1 Å². The Morgan fingerprint density at radius 2 is 1.56 bits per heavy atom. The molecule has 0 saturated heterocycles. The Balaban J connectivity index is 0. The van der Waals surface area contributed by atoms with Crippen LogP contribution in [0, 0.1) is 11.1 Å². The molecule has 3 aromatic rings. The molecule has 0 fully saturated rings. The molecule has 0 amide bonds. The van der Waals surface area contributed by atoms with Crippen LogP contribution in [0.1, 0.15) is 0 Å². The molecule has 0 aliphatic rings. The van der Waals surface area contributed by atoms with Crippen molar-refractivity contribution < 1.29 is 28.5 Å². The normalized spacial score (nSPS) is 8.68. The van der Waals surface area contributed by atoms with E-state index in [1.807, 2.05) is 65.5 Å². The molecule has 0 spiro atoms. The van der Waals surface area contributed by atoms with Crippen molar-refractivity contribution in [3.8, 4) is 0 Å². The van der Waals surface area contributed by atoms with E-state index < -0.39 is 0 Å². The first-order valence-electron chi connectivity index (χ1n) is 6.59. The summed E-state index contributed by atoms with van der Waals surface area (Å²) in [7, 11) is 7.97. The summed E-state index contributed by atoms with van der Waals surface area (Å²) in [5.41, 5.74) is 0. The van der Waals surface area contributed by atoms with Gasteiger partial charge in [-0.25, -0.2) is 19.1 Å². The zero-order chi connectivity index (χ0) is 18.7. The molecule has 0 radical (unpaired) electrons. The molecule has 142 valence electrons. The lowest BCUT2D eigenvalue weighted by molar-refractivity contribution is -0.671. The summed E-state index contributed by atoms with van der Waals surface area (Å²) in [4.78, 5) is 9.81. The Hall–Kier alpha value is 1.28. The summed E-state index contributed by atoms with van der Waals surface area (Å²) in [6, 6.07) is 0. The van der Waals surface area contributed by atoms with E-state index in [2.05, 4.69) is 111 Å². The number of halogens is 5. The number of hydrogen-bond acceptors (Lipinski definition) is 2. The second-order valence-corrected chi connectivity index (χ2v) is 7.85. The Morgan fingerprint density at radius 1 is 0.960 bits per heavy atom. The van der Waals surface area contributed by atoms with Crippen molar-refractivity contribution in [2.75, 3.05) is 4.93 Å². The van der Waals surface area contributed by atoms with Crippen molar-refractivity contribution >= 4 is 90.4 Å². The number of nitrogens with zero attached hydrogens (tertiary/aromatic N) is 6. The third-order valence-electron chi connectivity index (χ3n) is 2.43. The standard InChI is InChI=1S/C5H8IN2.2C4H5IN2.CH3I.HI/c1-7-3-5(6)8(2)4-7;1-7-2-4(5)6-3-7;1-7-3-6-2-4(7)5;1-2;/h3-4H,1-2H3;2*2-3H,1H3;1H3;1H/q+1;;;;/p-1. The second kappa shape index (κ2) is 16.3. The molecular formula is C14H21I5N6. The fraction of sp³-hybridized carbons (Fsp3) is 0.357. The van der Waals surface area contributed by atoms with E-state index in [4.69, 9.17) is 0 Å². The number of aromatic nitrogens is 6. The van der Waals surface area contributed by atoms with Crippen molar-refractivity contribution in [2.24, 2.45) is 28.2 Å². The molecule has 0 atom stereocenters. The van der Waals surface area contributed by atoms with Gasteiger partial charge in [-0.3, -0.25) is 0 Å². The first-order chi connectivity index (χ1) is 11.3. The lowest BCUT2D eigenvalue weighted by atomic mass is 10.9. The molecule has 0 unspecified atom stereocenters. The number of rotatable bonds is 0. The van der Waals surface area contributed by atoms with Gasteiger partial charge in [0.05, 0.1) is 36.6 Å². The average molecular weight is 908 g/mol. The molecule has 3 aromatic heterocycles. The van der Waals surface area contributed by atoms with Crippen LogP contribution in [0.25, 0.3) is 0 Å². The van der Waals surface area contributed by atoms with Gasteiger partial charge in [0, 0.05) is 42.9 Å². The maximum Gasteiger partial charge on any atom is 0.244 e. The highest BCUT2D eigenvalue weighted by Crippen LogP contribution is 1.98. The van der Waals surface area contributed by atoms with Gasteiger partial charge in [-0.2, -0.15) is 0 Å². The summed E-state index contributed by atoms with van der Waals surface area (Å²) in [5, 5.41) is 0. The Morgan fingerprint density at radius 3 is 1.68 bits per heavy atom. The average Bonchev–Trinajstić information content (AvgIpc) is 3.18. The predicted octanol–water partition coefficient (Wildman–Crippen LogP) is 0.559. The molecule has 0 bridgehead atoms. The predicted molar refractivity (Wildman–Crippen MR) is 131 cm³/mol. The van der Waals surface area contributed by atoms with E-state index in [-0.39, 0.29) is 24.0 Å². The van der Waals surface area contributed by atoms with Gasteiger partial charge in [-0.05, 0) is 50.1 Å². The molecular weight excluding hydrogens is 887 g/mol. The summed E-state index contributed by atoms with van der Waals surface area (Å²) in [6.07, 6.45) is 11.4. The first kappa shape index (κ1) is 28.5. The minimum Gasteiger partial charge on any atom is -1.00 e. The highest BCUT2D eigenvalue weighted by Gasteiger charge is 2.00. The monoisotopic (exact) mass is 908 g/mol. The van der Waals surface area contributed by atoms with Gasteiger partial charge in [-0.15, -0.1) is 0 Å². The van der Waals surface area contributed by atoms with Crippen molar-refractivity contribution in [1.29, 1.82) is 0 Å². The van der Waals surface area contributed by atoms with Crippen molar-refractivity contribution in [3.63, 3.8) is 0 Å². The summed E-state index contributed by atoms with van der Waals surface area (Å²) in [5.74, 6) is 0. The Kier molecular flexibility index (Phi) is 18.5.